The molecule has 2 aromatic rings. The fourth-order valence-electron chi connectivity index (χ4n) is 4.68. The lowest BCUT2D eigenvalue weighted by molar-refractivity contribution is -0.124. The van der Waals surface area contributed by atoms with Crippen molar-refractivity contribution in [3.8, 4) is 0 Å². The van der Waals surface area contributed by atoms with Gasteiger partial charge in [0.1, 0.15) is 0 Å². The highest BCUT2D eigenvalue weighted by molar-refractivity contribution is 9.10. The van der Waals surface area contributed by atoms with E-state index in [0.29, 0.717) is 24.2 Å². The Bertz CT molecular complexity index is 1040. The molecule has 0 atom stereocenters. The van der Waals surface area contributed by atoms with Gasteiger partial charge >= 0.3 is 0 Å². The lowest BCUT2D eigenvalue weighted by Gasteiger charge is -2.25. The van der Waals surface area contributed by atoms with Crippen molar-refractivity contribution in [2.45, 2.75) is 52.4 Å². The van der Waals surface area contributed by atoms with Crippen LogP contribution in [0, 0.1) is 0 Å². The first kappa shape index (κ1) is 24.9. The number of unbranched alkanes of at least 4 members (excludes halogenated alkanes) is 4. The minimum atomic E-state index is -0.0618. The van der Waals surface area contributed by atoms with Crippen LogP contribution in [0.3, 0.4) is 0 Å². The molecule has 4 nitrogen and oxygen atoms in total. The molecular formula is C28H30Br2N2O2. The molecule has 178 valence electrons. The first-order valence-electron chi connectivity index (χ1n) is 12.1. The Hall–Kier alpha value is -2.18. The Morgan fingerprint density at radius 1 is 0.588 bits per heavy atom. The van der Waals surface area contributed by atoms with Gasteiger partial charge in [-0.1, -0.05) is 95.7 Å². The monoisotopic (exact) mass is 584 g/mol. The number of carbonyl (C=O) groups excluding carboxylic acids is 2. The number of amides is 2. The zero-order chi connectivity index (χ0) is 24.2. The lowest BCUT2D eigenvalue weighted by atomic mass is 10.0. The molecule has 0 radical (unpaired) electrons. The molecule has 0 unspecified atom stereocenters. The van der Waals surface area contributed by atoms with Gasteiger partial charge in [-0.25, -0.2) is 0 Å². The Balaban J connectivity index is 1.89. The zero-order valence-electron chi connectivity index (χ0n) is 19.7. The van der Waals surface area contributed by atoms with Crippen molar-refractivity contribution >= 4 is 55.1 Å². The summed E-state index contributed by atoms with van der Waals surface area (Å²) in [6.07, 6.45) is 6.05. The van der Waals surface area contributed by atoms with E-state index in [-0.39, 0.29) is 11.8 Å². The smallest absolute Gasteiger partial charge is 0.261 e. The maximum absolute atomic E-state index is 13.9. The Morgan fingerprint density at radius 3 is 1.26 bits per heavy atom. The maximum atomic E-state index is 13.9. The predicted molar refractivity (Wildman–Crippen MR) is 145 cm³/mol. The molecule has 0 bridgehead atoms. The van der Waals surface area contributed by atoms with Crippen molar-refractivity contribution < 1.29 is 9.59 Å². The molecule has 2 aliphatic heterocycles. The second kappa shape index (κ2) is 11.0. The van der Waals surface area contributed by atoms with E-state index >= 15 is 0 Å². The molecule has 0 saturated heterocycles. The number of fused-ring (bicyclic) bond motifs is 1. The molecule has 34 heavy (non-hydrogen) atoms. The summed E-state index contributed by atoms with van der Waals surface area (Å²) in [6, 6.07) is 15.8. The van der Waals surface area contributed by atoms with Crippen molar-refractivity contribution in [1.29, 1.82) is 0 Å². The first-order valence-corrected chi connectivity index (χ1v) is 13.7. The van der Waals surface area contributed by atoms with Crippen LogP contribution in [0.1, 0.15) is 63.5 Å². The Kier molecular flexibility index (Phi) is 8.10. The van der Waals surface area contributed by atoms with Gasteiger partial charge < -0.3 is 9.80 Å². The third-order valence-electron chi connectivity index (χ3n) is 6.39. The molecule has 0 aliphatic carbocycles. The van der Waals surface area contributed by atoms with Gasteiger partial charge in [0.25, 0.3) is 11.8 Å². The van der Waals surface area contributed by atoms with Gasteiger partial charge in [0.05, 0.1) is 22.5 Å². The van der Waals surface area contributed by atoms with Crippen LogP contribution >= 0.6 is 31.9 Å². The van der Waals surface area contributed by atoms with Gasteiger partial charge in [-0.15, -0.1) is 0 Å². The van der Waals surface area contributed by atoms with Crippen LogP contribution in [0.4, 0.5) is 0 Å². The number of nitrogens with zero attached hydrogens (tertiary/aromatic N) is 2. The fraction of sp³-hybridized carbons (Fsp3) is 0.357. The van der Waals surface area contributed by atoms with E-state index in [1.165, 1.54) is 0 Å². The topological polar surface area (TPSA) is 40.6 Å². The van der Waals surface area contributed by atoms with Crippen LogP contribution in [-0.4, -0.2) is 34.7 Å². The lowest BCUT2D eigenvalue weighted by Crippen LogP contribution is -2.31. The van der Waals surface area contributed by atoms with Gasteiger partial charge in [0.2, 0.25) is 0 Å². The number of hydrogen-bond acceptors (Lipinski definition) is 2. The van der Waals surface area contributed by atoms with E-state index < -0.39 is 0 Å². The van der Waals surface area contributed by atoms with Crippen molar-refractivity contribution in [3.63, 3.8) is 0 Å². The largest absolute Gasteiger partial charge is 0.307 e. The molecule has 0 fully saturated rings. The molecule has 2 amide bonds. The van der Waals surface area contributed by atoms with Crippen molar-refractivity contribution in [1.82, 2.24) is 9.80 Å². The fourth-order valence-corrected chi connectivity index (χ4v) is 5.21. The molecule has 0 spiro atoms. The highest BCUT2D eigenvalue weighted by Crippen LogP contribution is 2.46. The number of benzene rings is 2. The van der Waals surface area contributed by atoms with Gasteiger partial charge in [-0.05, 0) is 48.2 Å². The Labute approximate surface area is 219 Å². The highest BCUT2D eigenvalue weighted by Gasteiger charge is 2.48. The van der Waals surface area contributed by atoms with E-state index in [9.17, 15) is 9.59 Å². The van der Waals surface area contributed by atoms with Gasteiger partial charge in [-0.3, -0.25) is 9.59 Å². The molecule has 0 saturated carbocycles. The van der Waals surface area contributed by atoms with Crippen molar-refractivity contribution in [2.24, 2.45) is 0 Å². The minimum absolute atomic E-state index is 0.0618. The first-order chi connectivity index (χ1) is 16.5. The van der Waals surface area contributed by atoms with Crippen molar-refractivity contribution in [2.75, 3.05) is 13.1 Å². The van der Waals surface area contributed by atoms with Crippen LogP contribution in [0.15, 0.2) is 68.6 Å². The van der Waals surface area contributed by atoms with E-state index in [4.69, 9.17) is 0 Å². The predicted octanol–water partition coefficient (Wildman–Crippen LogP) is 7.40. The van der Waals surface area contributed by atoms with Crippen molar-refractivity contribution in [3.05, 3.63) is 79.7 Å². The maximum Gasteiger partial charge on any atom is 0.261 e. The quantitative estimate of drug-likeness (QED) is 0.273. The van der Waals surface area contributed by atoms with Crippen LogP contribution in [-0.2, 0) is 9.59 Å². The number of halogens is 2. The average Bonchev–Trinajstić information content (AvgIpc) is 3.27. The Morgan fingerprint density at radius 2 is 0.941 bits per heavy atom. The SMILES string of the molecule is CCCCCN1C(=O)C2=C(c3ccc(Br)cc3)N(CCCCC)C(=O)C2=C1c1ccc(Br)cc1. The summed E-state index contributed by atoms with van der Waals surface area (Å²) in [5, 5.41) is 0. The molecule has 2 heterocycles. The second-order valence-electron chi connectivity index (χ2n) is 8.79. The molecule has 6 heteroatoms. The van der Waals surface area contributed by atoms with Gasteiger partial charge in [0, 0.05) is 22.0 Å². The van der Waals surface area contributed by atoms with Crippen LogP contribution in [0.25, 0.3) is 11.4 Å². The minimum Gasteiger partial charge on any atom is -0.307 e. The summed E-state index contributed by atoms with van der Waals surface area (Å²) in [5.74, 6) is -0.124. The summed E-state index contributed by atoms with van der Waals surface area (Å²) in [4.78, 5) is 31.5. The number of hydrogen-bond donors (Lipinski definition) is 0. The molecule has 2 aliphatic rings. The summed E-state index contributed by atoms with van der Waals surface area (Å²) >= 11 is 7.01. The number of rotatable bonds is 10. The van der Waals surface area contributed by atoms with E-state index in [0.717, 1.165) is 70.0 Å². The number of carbonyl (C=O) groups is 2. The second-order valence-corrected chi connectivity index (χ2v) is 10.6. The molecule has 0 aromatic heterocycles. The average molecular weight is 586 g/mol. The van der Waals surface area contributed by atoms with Crippen LogP contribution in [0.5, 0.6) is 0 Å². The summed E-state index contributed by atoms with van der Waals surface area (Å²) < 4.78 is 1.93. The molecule has 2 aromatic carbocycles. The summed E-state index contributed by atoms with van der Waals surface area (Å²) in [5.41, 5.74) is 4.41. The van der Waals surface area contributed by atoms with Gasteiger partial charge in [0.15, 0.2) is 0 Å². The normalized spacial score (nSPS) is 15.8. The van der Waals surface area contributed by atoms with Gasteiger partial charge in [-0.2, -0.15) is 0 Å². The van der Waals surface area contributed by atoms with E-state index in [1.807, 2.05) is 58.3 Å². The molecule has 0 N–H and O–H groups in total. The standard InChI is InChI=1S/C28H30Br2N2O2/c1-3-5-7-17-31-25(19-9-13-21(29)14-10-19)23-24(27(31)33)26(20-11-15-22(30)16-12-20)32(28(23)34)18-8-6-4-2/h9-16H,3-8,17-18H2,1-2H3. The third-order valence-corrected chi connectivity index (χ3v) is 7.44. The van der Waals surface area contributed by atoms with Crippen LogP contribution in [0.2, 0.25) is 0 Å². The molecular weight excluding hydrogens is 556 g/mol. The third kappa shape index (κ3) is 4.80. The zero-order valence-corrected chi connectivity index (χ0v) is 22.9. The van der Waals surface area contributed by atoms with Crippen LogP contribution < -0.4 is 0 Å². The van der Waals surface area contributed by atoms with E-state index in [1.54, 1.807) is 0 Å². The summed E-state index contributed by atoms with van der Waals surface area (Å²) in [6.45, 7) is 5.53. The molecule has 4 rings (SSSR count). The highest BCUT2D eigenvalue weighted by atomic mass is 79.9. The summed E-state index contributed by atoms with van der Waals surface area (Å²) in [7, 11) is 0. The van der Waals surface area contributed by atoms with E-state index in [2.05, 4.69) is 45.7 Å².